The van der Waals surface area contributed by atoms with Crippen LogP contribution in [0.15, 0.2) is 23.1 Å². The topological polar surface area (TPSA) is 81.4 Å². The maximum absolute atomic E-state index is 12.4. The lowest BCUT2D eigenvalue weighted by Gasteiger charge is -2.23. The minimum atomic E-state index is -3.59. The molecule has 1 aromatic carbocycles. The first-order chi connectivity index (χ1) is 9.03. The smallest absolute Gasteiger partial charge is 0.244 e. The van der Waals surface area contributed by atoms with E-state index >= 15 is 0 Å². The Balaban J connectivity index is 2.25. The Labute approximate surface area is 118 Å². The largest absolute Gasteiger partial charge is 0.495 e. The van der Waals surface area contributed by atoms with E-state index in [0.717, 1.165) is 24.3 Å². The number of anilines is 1. The molecule has 0 amide bonds. The van der Waals surface area contributed by atoms with Gasteiger partial charge in [0.25, 0.3) is 0 Å². The molecular formula is C12H18N2O3S2. The molecule has 1 aliphatic rings. The predicted molar refractivity (Wildman–Crippen MR) is 78.1 cm³/mol. The van der Waals surface area contributed by atoms with Crippen molar-refractivity contribution in [1.82, 2.24) is 4.72 Å². The molecule has 0 spiro atoms. The summed E-state index contributed by atoms with van der Waals surface area (Å²) in [6.45, 7) is 0. The van der Waals surface area contributed by atoms with Gasteiger partial charge >= 0.3 is 0 Å². The number of ether oxygens (including phenoxy) is 1. The molecular weight excluding hydrogens is 284 g/mol. The van der Waals surface area contributed by atoms with Crippen LogP contribution in [0.4, 0.5) is 5.69 Å². The summed E-state index contributed by atoms with van der Waals surface area (Å²) in [6, 6.07) is 4.62. The van der Waals surface area contributed by atoms with Gasteiger partial charge in [0.15, 0.2) is 0 Å². The minimum absolute atomic E-state index is 0.00242. The summed E-state index contributed by atoms with van der Waals surface area (Å²) in [5.74, 6) is 2.29. The summed E-state index contributed by atoms with van der Waals surface area (Å²) < 4.78 is 32.6. The van der Waals surface area contributed by atoms with Crippen LogP contribution in [0.25, 0.3) is 0 Å². The van der Waals surface area contributed by atoms with Crippen LogP contribution in [0, 0.1) is 0 Å². The second-order valence-corrected chi connectivity index (χ2v) is 7.33. The molecule has 2 rings (SSSR count). The Kier molecular flexibility index (Phi) is 4.59. The van der Waals surface area contributed by atoms with Crippen LogP contribution in [0.3, 0.4) is 0 Å². The average Bonchev–Trinajstić information content (AvgIpc) is 2.39. The Morgan fingerprint density at radius 2 is 2.05 bits per heavy atom. The van der Waals surface area contributed by atoms with Crippen LogP contribution in [0.5, 0.6) is 5.75 Å². The summed E-state index contributed by atoms with van der Waals surface area (Å²) in [6.07, 6.45) is 1.71. The average molecular weight is 302 g/mol. The molecule has 1 aliphatic heterocycles. The van der Waals surface area contributed by atoms with Gasteiger partial charge in [-0.25, -0.2) is 13.1 Å². The zero-order valence-corrected chi connectivity index (χ0v) is 12.4. The number of benzene rings is 1. The molecule has 106 valence electrons. The molecule has 1 fully saturated rings. The number of nitrogens with one attached hydrogen (secondary N) is 1. The van der Waals surface area contributed by atoms with Crippen LogP contribution in [-0.4, -0.2) is 33.1 Å². The number of hydrogen-bond acceptors (Lipinski definition) is 5. The number of thioether (sulfide) groups is 1. The fraction of sp³-hybridized carbons (Fsp3) is 0.500. The number of nitrogens with two attached hydrogens (primary N) is 1. The van der Waals surface area contributed by atoms with E-state index in [1.54, 1.807) is 12.1 Å². The van der Waals surface area contributed by atoms with Crippen molar-refractivity contribution in [2.75, 3.05) is 24.3 Å². The molecule has 0 aromatic heterocycles. The van der Waals surface area contributed by atoms with Gasteiger partial charge in [0, 0.05) is 11.7 Å². The normalized spacial score (nSPS) is 17.3. The van der Waals surface area contributed by atoms with Gasteiger partial charge in [-0.1, -0.05) is 0 Å². The van der Waals surface area contributed by atoms with Crippen LogP contribution in [0.2, 0.25) is 0 Å². The Morgan fingerprint density at radius 1 is 1.37 bits per heavy atom. The van der Waals surface area contributed by atoms with Crippen LogP contribution in [0.1, 0.15) is 12.8 Å². The number of nitrogen functional groups attached to an aromatic ring is 1. The third-order valence-corrected chi connectivity index (χ3v) is 5.61. The van der Waals surface area contributed by atoms with Crippen molar-refractivity contribution in [2.45, 2.75) is 23.8 Å². The predicted octanol–water partition coefficient (Wildman–Crippen LogP) is 1.45. The fourth-order valence-corrected chi connectivity index (χ4v) is 4.62. The molecule has 0 saturated carbocycles. The first-order valence-corrected chi connectivity index (χ1v) is 8.70. The van der Waals surface area contributed by atoms with Crippen molar-refractivity contribution in [2.24, 2.45) is 0 Å². The zero-order valence-electron chi connectivity index (χ0n) is 10.8. The lowest BCUT2D eigenvalue weighted by atomic mass is 10.2. The van der Waals surface area contributed by atoms with Gasteiger partial charge in [-0.05, 0) is 42.5 Å². The Morgan fingerprint density at radius 3 is 2.68 bits per heavy atom. The van der Waals surface area contributed by atoms with Gasteiger partial charge < -0.3 is 10.5 Å². The summed E-state index contributed by atoms with van der Waals surface area (Å²) in [4.78, 5) is 0.105. The van der Waals surface area contributed by atoms with Crippen LogP contribution in [-0.2, 0) is 10.0 Å². The van der Waals surface area contributed by atoms with Crippen molar-refractivity contribution >= 4 is 27.5 Å². The Hall–Kier alpha value is -0.920. The summed E-state index contributed by atoms with van der Waals surface area (Å²) in [5.41, 5.74) is 6.06. The lowest BCUT2D eigenvalue weighted by Crippen LogP contribution is -2.37. The standard InChI is InChI=1S/C12H18N2O3S2/c1-17-11-3-2-9(13)8-12(11)19(15,16)14-10-4-6-18-7-5-10/h2-3,8,10,14H,4-7,13H2,1H3. The molecule has 0 atom stereocenters. The van der Waals surface area contributed by atoms with E-state index in [1.165, 1.54) is 13.2 Å². The molecule has 1 heterocycles. The summed E-state index contributed by atoms with van der Waals surface area (Å²) >= 11 is 1.85. The lowest BCUT2D eigenvalue weighted by molar-refractivity contribution is 0.402. The molecule has 0 bridgehead atoms. The molecule has 0 unspecified atom stereocenters. The SMILES string of the molecule is COc1ccc(N)cc1S(=O)(=O)NC1CCSCC1. The molecule has 0 aliphatic carbocycles. The first kappa shape index (κ1) is 14.5. The molecule has 1 aromatic rings. The highest BCUT2D eigenvalue weighted by Gasteiger charge is 2.25. The number of methoxy groups -OCH3 is 1. The van der Waals surface area contributed by atoms with E-state index in [2.05, 4.69) is 4.72 Å². The van der Waals surface area contributed by atoms with Crippen molar-refractivity contribution < 1.29 is 13.2 Å². The molecule has 1 saturated heterocycles. The minimum Gasteiger partial charge on any atom is -0.495 e. The zero-order chi connectivity index (χ0) is 13.9. The van der Waals surface area contributed by atoms with Crippen molar-refractivity contribution in [3.8, 4) is 5.75 Å². The first-order valence-electron chi connectivity index (χ1n) is 6.06. The second kappa shape index (κ2) is 6.02. The molecule has 5 nitrogen and oxygen atoms in total. The van der Waals surface area contributed by atoms with E-state index in [-0.39, 0.29) is 10.9 Å². The molecule has 7 heteroatoms. The third kappa shape index (κ3) is 3.55. The monoisotopic (exact) mass is 302 g/mol. The van der Waals surface area contributed by atoms with Crippen molar-refractivity contribution in [3.63, 3.8) is 0 Å². The van der Waals surface area contributed by atoms with E-state index < -0.39 is 10.0 Å². The van der Waals surface area contributed by atoms with Crippen LogP contribution < -0.4 is 15.2 Å². The highest BCUT2D eigenvalue weighted by molar-refractivity contribution is 7.99. The fourth-order valence-electron chi connectivity index (χ4n) is 2.00. The quantitative estimate of drug-likeness (QED) is 0.823. The van der Waals surface area contributed by atoms with Gasteiger partial charge in [0.05, 0.1) is 7.11 Å². The van der Waals surface area contributed by atoms with Gasteiger partial charge in [0.2, 0.25) is 10.0 Å². The van der Waals surface area contributed by atoms with E-state index in [0.29, 0.717) is 11.4 Å². The maximum Gasteiger partial charge on any atom is 0.244 e. The maximum atomic E-state index is 12.4. The second-order valence-electron chi connectivity index (χ2n) is 4.42. The Bertz CT molecular complexity index is 540. The molecule has 19 heavy (non-hydrogen) atoms. The number of rotatable bonds is 4. The van der Waals surface area contributed by atoms with Gasteiger partial charge in [0.1, 0.15) is 10.6 Å². The van der Waals surface area contributed by atoms with Gasteiger partial charge in [-0.2, -0.15) is 11.8 Å². The number of sulfonamides is 1. The highest BCUT2D eigenvalue weighted by Crippen LogP contribution is 2.27. The van der Waals surface area contributed by atoms with Crippen molar-refractivity contribution in [1.29, 1.82) is 0 Å². The van der Waals surface area contributed by atoms with Gasteiger partial charge in [-0.3, -0.25) is 0 Å². The van der Waals surface area contributed by atoms with E-state index in [9.17, 15) is 8.42 Å². The number of hydrogen-bond donors (Lipinski definition) is 2. The summed E-state index contributed by atoms with van der Waals surface area (Å²) in [5, 5.41) is 0. The van der Waals surface area contributed by atoms with E-state index in [1.807, 2.05) is 11.8 Å². The third-order valence-electron chi connectivity index (χ3n) is 3.02. The molecule has 3 N–H and O–H groups in total. The summed E-state index contributed by atoms with van der Waals surface area (Å²) in [7, 11) is -2.14. The van der Waals surface area contributed by atoms with Gasteiger partial charge in [-0.15, -0.1) is 0 Å². The van der Waals surface area contributed by atoms with Crippen LogP contribution >= 0.6 is 11.8 Å². The van der Waals surface area contributed by atoms with Crippen molar-refractivity contribution in [3.05, 3.63) is 18.2 Å². The molecule has 0 radical (unpaired) electrons. The van der Waals surface area contributed by atoms with E-state index in [4.69, 9.17) is 10.5 Å². The highest BCUT2D eigenvalue weighted by atomic mass is 32.2.